The number of furan rings is 1. The lowest BCUT2D eigenvalue weighted by molar-refractivity contribution is 0.461. The molecule has 0 aliphatic rings. The van der Waals surface area contributed by atoms with E-state index in [4.69, 9.17) is 4.42 Å². The van der Waals surface area contributed by atoms with Crippen molar-refractivity contribution in [3.63, 3.8) is 0 Å². The quantitative estimate of drug-likeness (QED) is 0.715. The van der Waals surface area contributed by atoms with E-state index >= 15 is 0 Å². The zero-order valence-corrected chi connectivity index (χ0v) is 13.2. The average molecular weight is 348 g/mol. The summed E-state index contributed by atoms with van der Waals surface area (Å²) >= 11 is 3.44. The summed E-state index contributed by atoms with van der Waals surface area (Å²) in [5.41, 5.74) is 1.38. The van der Waals surface area contributed by atoms with Gasteiger partial charge < -0.3 is 9.73 Å². The van der Waals surface area contributed by atoms with Crippen LogP contribution < -0.4 is 5.32 Å². The highest BCUT2D eigenvalue weighted by molar-refractivity contribution is 9.10. The first-order valence-corrected chi connectivity index (χ1v) is 7.65. The molecule has 108 valence electrons. The summed E-state index contributed by atoms with van der Waals surface area (Å²) in [5, 5.41) is 4.31. The first-order valence-electron chi connectivity index (χ1n) is 6.86. The van der Waals surface area contributed by atoms with Gasteiger partial charge in [-0.1, -0.05) is 47.1 Å². The highest BCUT2D eigenvalue weighted by Gasteiger charge is 2.23. The topological polar surface area (TPSA) is 25.2 Å². The van der Waals surface area contributed by atoms with Crippen molar-refractivity contribution >= 4 is 26.9 Å². The molecule has 0 bridgehead atoms. The third-order valence-corrected chi connectivity index (χ3v) is 4.12. The second-order valence-corrected chi connectivity index (χ2v) is 5.67. The van der Waals surface area contributed by atoms with E-state index in [-0.39, 0.29) is 11.9 Å². The predicted octanol–water partition coefficient (Wildman–Crippen LogP) is 5.03. The van der Waals surface area contributed by atoms with Gasteiger partial charge in [-0.25, -0.2) is 4.39 Å². The Bertz CT molecular complexity index is 715. The van der Waals surface area contributed by atoms with Gasteiger partial charge in [0, 0.05) is 15.4 Å². The molecule has 4 heteroatoms. The lowest BCUT2D eigenvalue weighted by Gasteiger charge is -2.18. The lowest BCUT2D eigenvalue weighted by atomic mass is 10.0. The minimum atomic E-state index is -0.321. The average Bonchev–Trinajstić information content (AvgIpc) is 2.89. The number of hydrogen-bond donors (Lipinski definition) is 1. The molecule has 3 rings (SSSR count). The molecule has 1 heterocycles. The van der Waals surface area contributed by atoms with E-state index in [0.29, 0.717) is 17.9 Å². The Kier molecular flexibility index (Phi) is 4.08. The zero-order chi connectivity index (χ0) is 14.8. The van der Waals surface area contributed by atoms with Crippen molar-refractivity contribution in [1.82, 2.24) is 5.32 Å². The van der Waals surface area contributed by atoms with Gasteiger partial charge in [0.25, 0.3) is 0 Å². The highest BCUT2D eigenvalue weighted by atomic mass is 79.9. The molecule has 3 aromatic rings. The summed E-state index contributed by atoms with van der Waals surface area (Å²) in [4.78, 5) is 0. The largest absolute Gasteiger partial charge is 0.459 e. The van der Waals surface area contributed by atoms with Crippen LogP contribution in [0, 0.1) is 5.82 Å². The molecular weight excluding hydrogens is 333 g/mol. The van der Waals surface area contributed by atoms with Crippen molar-refractivity contribution in [1.29, 1.82) is 0 Å². The Labute approximate surface area is 131 Å². The summed E-state index contributed by atoms with van der Waals surface area (Å²) in [6, 6.07) is 14.4. The SMILES string of the molecule is CCNC(c1cc2ccccc2o1)c1c(F)cccc1Br. The monoisotopic (exact) mass is 347 g/mol. The number of para-hydroxylation sites is 1. The van der Waals surface area contributed by atoms with E-state index in [1.54, 1.807) is 6.07 Å². The Hall–Kier alpha value is -1.65. The van der Waals surface area contributed by atoms with Gasteiger partial charge in [-0.2, -0.15) is 0 Å². The standard InChI is InChI=1S/C17H15BrFNO/c1-2-20-17(16-12(18)7-5-8-13(16)19)15-10-11-6-3-4-9-14(11)21-15/h3-10,17,20H,2H2,1H3. The summed E-state index contributed by atoms with van der Waals surface area (Å²) < 4.78 is 20.9. The van der Waals surface area contributed by atoms with Crippen LogP contribution in [0.25, 0.3) is 11.0 Å². The highest BCUT2D eigenvalue weighted by Crippen LogP contribution is 2.33. The molecule has 2 nitrogen and oxygen atoms in total. The van der Waals surface area contributed by atoms with Gasteiger partial charge in [0.1, 0.15) is 17.2 Å². The molecular formula is C17H15BrFNO. The van der Waals surface area contributed by atoms with Crippen LogP contribution in [0.15, 0.2) is 57.4 Å². The van der Waals surface area contributed by atoms with Gasteiger partial charge in [0.2, 0.25) is 0 Å². The second kappa shape index (κ2) is 6.00. The van der Waals surface area contributed by atoms with E-state index in [1.165, 1.54) is 6.07 Å². The van der Waals surface area contributed by atoms with Crippen molar-refractivity contribution in [2.75, 3.05) is 6.54 Å². The van der Waals surface area contributed by atoms with Crippen LogP contribution in [0.1, 0.15) is 24.3 Å². The summed E-state index contributed by atoms with van der Waals surface area (Å²) in [7, 11) is 0. The van der Waals surface area contributed by atoms with E-state index in [2.05, 4.69) is 21.2 Å². The molecule has 1 atom stereocenters. The van der Waals surface area contributed by atoms with Crippen LogP contribution in [-0.4, -0.2) is 6.54 Å². The molecule has 21 heavy (non-hydrogen) atoms. The lowest BCUT2D eigenvalue weighted by Crippen LogP contribution is -2.23. The summed E-state index contributed by atoms with van der Waals surface area (Å²) in [6.07, 6.45) is 0. The third-order valence-electron chi connectivity index (χ3n) is 3.43. The Balaban J connectivity index is 2.13. The fourth-order valence-electron chi connectivity index (χ4n) is 2.48. The van der Waals surface area contributed by atoms with Crippen LogP contribution in [-0.2, 0) is 0 Å². The van der Waals surface area contributed by atoms with Gasteiger partial charge in [0.05, 0.1) is 6.04 Å². The Morgan fingerprint density at radius 1 is 1.19 bits per heavy atom. The minimum Gasteiger partial charge on any atom is -0.459 e. The predicted molar refractivity (Wildman–Crippen MR) is 85.8 cm³/mol. The van der Waals surface area contributed by atoms with Crippen LogP contribution >= 0.6 is 15.9 Å². The Morgan fingerprint density at radius 2 is 2.00 bits per heavy atom. The molecule has 1 N–H and O–H groups in total. The normalized spacial score (nSPS) is 12.7. The number of rotatable bonds is 4. The van der Waals surface area contributed by atoms with E-state index in [9.17, 15) is 4.39 Å². The number of hydrogen-bond acceptors (Lipinski definition) is 2. The van der Waals surface area contributed by atoms with Crippen LogP contribution in [0.2, 0.25) is 0 Å². The first kappa shape index (κ1) is 14.3. The number of halogens is 2. The van der Waals surface area contributed by atoms with E-state index in [0.717, 1.165) is 15.4 Å². The fraction of sp³-hybridized carbons (Fsp3) is 0.176. The van der Waals surface area contributed by atoms with Gasteiger partial charge in [-0.05, 0) is 30.8 Å². The third kappa shape index (κ3) is 2.74. The molecule has 0 aliphatic heterocycles. The summed E-state index contributed by atoms with van der Waals surface area (Å²) in [5.74, 6) is 0.458. The molecule has 0 aliphatic carbocycles. The van der Waals surface area contributed by atoms with E-state index < -0.39 is 0 Å². The maximum absolute atomic E-state index is 14.3. The molecule has 0 radical (unpaired) electrons. The number of fused-ring (bicyclic) bond motifs is 1. The molecule has 0 saturated heterocycles. The smallest absolute Gasteiger partial charge is 0.134 e. The van der Waals surface area contributed by atoms with Crippen LogP contribution in [0.5, 0.6) is 0 Å². The van der Waals surface area contributed by atoms with Crippen molar-refractivity contribution < 1.29 is 8.81 Å². The van der Waals surface area contributed by atoms with Gasteiger partial charge in [-0.3, -0.25) is 0 Å². The minimum absolute atomic E-state index is 0.254. The molecule has 0 saturated carbocycles. The summed E-state index contributed by atoms with van der Waals surface area (Å²) in [6.45, 7) is 2.70. The fourth-order valence-corrected chi connectivity index (χ4v) is 3.05. The molecule has 0 amide bonds. The van der Waals surface area contributed by atoms with Crippen LogP contribution in [0.4, 0.5) is 4.39 Å². The molecule has 1 unspecified atom stereocenters. The van der Waals surface area contributed by atoms with Crippen molar-refractivity contribution in [3.8, 4) is 0 Å². The van der Waals surface area contributed by atoms with Gasteiger partial charge >= 0.3 is 0 Å². The number of nitrogens with one attached hydrogen (secondary N) is 1. The first-order chi connectivity index (χ1) is 10.2. The van der Waals surface area contributed by atoms with Crippen molar-refractivity contribution in [3.05, 3.63) is 70.1 Å². The maximum atomic E-state index is 14.3. The Morgan fingerprint density at radius 3 is 2.71 bits per heavy atom. The van der Waals surface area contributed by atoms with E-state index in [1.807, 2.05) is 43.3 Å². The molecule has 0 spiro atoms. The van der Waals surface area contributed by atoms with Gasteiger partial charge in [-0.15, -0.1) is 0 Å². The van der Waals surface area contributed by atoms with Crippen molar-refractivity contribution in [2.24, 2.45) is 0 Å². The number of benzene rings is 2. The second-order valence-electron chi connectivity index (χ2n) is 4.81. The molecule has 0 fully saturated rings. The zero-order valence-electron chi connectivity index (χ0n) is 11.6. The maximum Gasteiger partial charge on any atom is 0.134 e. The van der Waals surface area contributed by atoms with Gasteiger partial charge in [0.15, 0.2) is 0 Å². The van der Waals surface area contributed by atoms with Crippen molar-refractivity contribution in [2.45, 2.75) is 13.0 Å². The molecule has 2 aromatic carbocycles. The molecule has 1 aromatic heterocycles. The van der Waals surface area contributed by atoms with Crippen LogP contribution in [0.3, 0.4) is 0 Å².